The van der Waals surface area contributed by atoms with E-state index in [1.165, 1.54) is 0 Å². The van der Waals surface area contributed by atoms with Crippen molar-refractivity contribution in [2.75, 3.05) is 13.7 Å². The van der Waals surface area contributed by atoms with Crippen LogP contribution in [-0.4, -0.2) is 24.7 Å². The van der Waals surface area contributed by atoms with E-state index in [1.54, 1.807) is 7.11 Å². The van der Waals surface area contributed by atoms with Crippen molar-refractivity contribution in [3.05, 3.63) is 42.1 Å². The second kappa shape index (κ2) is 5.05. The van der Waals surface area contributed by atoms with Crippen LogP contribution in [0, 0.1) is 0 Å². The molecule has 0 fully saturated rings. The van der Waals surface area contributed by atoms with Crippen LogP contribution in [0.15, 0.2) is 36.4 Å². The van der Waals surface area contributed by atoms with Gasteiger partial charge in [0.15, 0.2) is 0 Å². The first-order chi connectivity index (χ1) is 7.79. The Morgan fingerprint density at radius 2 is 2.06 bits per heavy atom. The smallest absolute Gasteiger partial charge is 0.0705 e. The van der Waals surface area contributed by atoms with Crippen molar-refractivity contribution in [3.63, 3.8) is 0 Å². The number of pyridine rings is 1. The Hall–Kier alpha value is -1.45. The first-order valence-corrected chi connectivity index (χ1v) is 5.39. The van der Waals surface area contributed by atoms with Gasteiger partial charge in [-0.3, -0.25) is 4.98 Å². The van der Waals surface area contributed by atoms with Gasteiger partial charge in [-0.05, 0) is 12.1 Å². The Morgan fingerprint density at radius 1 is 1.25 bits per heavy atom. The number of nitrogens with two attached hydrogens (primary N) is 1. The van der Waals surface area contributed by atoms with Crippen molar-refractivity contribution in [2.45, 2.75) is 12.5 Å². The van der Waals surface area contributed by atoms with Gasteiger partial charge < -0.3 is 10.5 Å². The van der Waals surface area contributed by atoms with E-state index in [2.05, 4.69) is 17.1 Å². The zero-order valence-electron chi connectivity index (χ0n) is 9.39. The largest absolute Gasteiger partial charge is 0.383 e. The zero-order valence-corrected chi connectivity index (χ0v) is 9.39. The number of para-hydroxylation sites is 1. The van der Waals surface area contributed by atoms with Crippen molar-refractivity contribution in [1.29, 1.82) is 0 Å². The van der Waals surface area contributed by atoms with E-state index in [0.717, 1.165) is 23.0 Å². The lowest BCUT2D eigenvalue weighted by atomic mass is 10.1. The minimum atomic E-state index is 0.0127. The molecule has 84 valence electrons. The van der Waals surface area contributed by atoms with E-state index in [0.29, 0.717) is 6.61 Å². The highest BCUT2D eigenvalue weighted by atomic mass is 16.5. The van der Waals surface area contributed by atoms with Gasteiger partial charge in [0, 0.05) is 30.7 Å². The van der Waals surface area contributed by atoms with Gasteiger partial charge in [-0.25, -0.2) is 0 Å². The molecule has 2 N–H and O–H groups in total. The van der Waals surface area contributed by atoms with Crippen molar-refractivity contribution < 1.29 is 4.74 Å². The summed E-state index contributed by atoms with van der Waals surface area (Å²) in [5.74, 6) is 0. The highest BCUT2D eigenvalue weighted by Crippen LogP contribution is 2.12. The van der Waals surface area contributed by atoms with Crippen LogP contribution in [0.25, 0.3) is 10.9 Å². The average Bonchev–Trinajstić information content (AvgIpc) is 2.29. The Morgan fingerprint density at radius 3 is 2.88 bits per heavy atom. The monoisotopic (exact) mass is 216 g/mol. The molecule has 0 bridgehead atoms. The van der Waals surface area contributed by atoms with Crippen LogP contribution in [0.3, 0.4) is 0 Å². The lowest BCUT2D eigenvalue weighted by Crippen LogP contribution is -2.28. The minimum absolute atomic E-state index is 0.0127. The normalized spacial score (nSPS) is 12.9. The zero-order chi connectivity index (χ0) is 11.4. The molecule has 1 atom stereocenters. The molecule has 0 aliphatic carbocycles. The lowest BCUT2D eigenvalue weighted by Gasteiger charge is -2.09. The summed E-state index contributed by atoms with van der Waals surface area (Å²) in [4.78, 5) is 4.56. The summed E-state index contributed by atoms with van der Waals surface area (Å²) in [6.07, 6.45) is 0.749. The summed E-state index contributed by atoms with van der Waals surface area (Å²) < 4.78 is 5.01. The fourth-order valence-corrected chi connectivity index (χ4v) is 1.76. The predicted octanol–water partition coefficient (Wildman–Crippen LogP) is 1.75. The van der Waals surface area contributed by atoms with Crippen LogP contribution in [0.2, 0.25) is 0 Å². The number of hydrogen-bond acceptors (Lipinski definition) is 3. The van der Waals surface area contributed by atoms with Crippen LogP contribution in [-0.2, 0) is 11.2 Å². The molecule has 0 radical (unpaired) electrons. The molecule has 0 aliphatic heterocycles. The number of ether oxygens (including phenoxy) is 1. The Bertz CT molecular complexity index is 470. The minimum Gasteiger partial charge on any atom is -0.383 e. The van der Waals surface area contributed by atoms with E-state index < -0.39 is 0 Å². The van der Waals surface area contributed by atoms with Gasteiger partial charge in [0.1, 0.15) is 0 Å². The standard InChI is InChI=1S/C13H16N2O/c1-16-9-11(14)8-12-7-6-10-4-2-3-5-13(10)15-12/h2-7,11H,8-9,14H2,1H3. The number of aromatic nitrogens is 1. The van der Waals surface area contributed by atoms with Gasteiger partial charge in [-0.1, -0.05) is 24.3 Å². The molecule has 16 heavy (non-hydrogen) atoms. The molecule has 0 amide bonds. The van der Waals surface area contributed by atoms with Gasteiger partial charge in [0.05, 0.1) is 12.1 Å². The van der Waals surface area contributed by atoms with Crippen LogP contribution < -0.4 is 5.73 Å². The molecular weight excluding hydrogens is 200 g/mol. The summed E-state index contributed by atoms with van der Waals surface area (Å²) >= 11 is 0. The van der Waals surface area contributed by atoms with Crippen molar-refractivity contribution in [3.8, 4) is 0 Å². The third kappa shape index (κ3) is 2.56. The molecule has 1 aromatic heterocycles. The summed E-state index contributed by atoms with van der Waals surface area (Å²) in [6.45, 7) is 0.564. The summed E-state index contributed by atoms with van der Waals surface area (Å²) in [5.41, 5.74) is 7.93. The second-order valence-electron chi connectivity index (χ2n) is 3.91. The maximum atomic E-state index is 5.90. The molecule has 3 nitrogen and oxygen atoms in total. The molecule has 0 spiro atoms. The van der Waals surface area contributed by atoms with Crippen LogP contribution in [0.5, 0.6) is 0 Å². The quantitative estimate of drug-likeness (QED) is 0.847. The molecule has 2 aromatic rings. The van der Waals surface area contributed by atoms with Gasteiger partial charge in [0.25, 0.3) is 0 Å². The van der Waals surface area contributed by atoms with Gasteiger partial charge in [-0.2, -0.15) is 0 Å². The van der Waals surface area contributed by atoms with E-state index >= 15 is 0 Å². The first kappa shape index (κ1) is 11.0. The molecule has 1 aromatic carbocycles. The Labute approximate surface area is 95.2 Å². The van der Waals surface area contributed by atoms with E-state index in [-0.39, 0.29) is 6.04 Å². The number of fused-ring (bicyclic) bond motifs is 1. The van der Waals surface area contributed by atoms with Gasteiger partial charge in [-0.15, -0.1) is 0 Å². The Kier molecular flexibility index (Phi) is 3.49. The van der Waals surface area contributed by atoms with E-state index in [1.807, 2.05) is 24.3 Å². The number of hydrogen-bond donors (Lipinski definition) is 1. The summed E-state index contributed by atoms with van der Waals surface area (Å²) in [7, 11) is 1.66. The van der Waals surface area contributed by atoms with E-state index in [4.69, 9.17) is 10.5 Å². The fraction of sp³-hybridized carbons (Fsp3) is 0.308. The van der Waals surface area contributed by atoms with Crippen molar-refractivity contribution in [2.24, 2.45) is 5.73 Å². The van der Waals surface area contributed by atoms with Gasteiger partial charge >= 0.3 is 0 Å². The third-order valence-electron chi connectivity index (χ3n) is 2.51. The second-order valence-corrected chi connectivity index (χ2v) is 3.91. The third-order valence-corrected chi connectivity index (χ3v) is 2.51. The molecular formula is C13H16N2O. The van der Waals surface area contributed by atoms with Crippen molar-refractivity contribution >= 4 is 10.9 Å². The summed E-state index contributed by atoms with van der Waals surface area (Å²) in [5, 5.41) is 1.16. The van der Waals surface area contributed by atoms with Crippen LogP contribution in [0.4, 0.5) is 0 Å². The maximum absolute atomic E-state index is 5.90. The highest BCUT2D eigenvalue weighted by Gasteiger charge is 2.05. The lowest BCUT2D eigenvalue weighted by molar-refractivity contribution is 0.179. The highest BCUT2D eigenvalue weighted by molar-refractivity contribution is 5.78. The molecule has 1 unspecified atom stereocenters. The SMILES string of the molecule is COCC(N)Cc1ccc2ccccc2n1. The van der Waals surface area contributed by atoms with Crippen molar-refractivity contribution in [1.82, 2.24) is 4.98 Å². The molecule has 0 saturated heterocycles. The maximum Gasteiger partial charge on any atom is 0.0705 e. The topological polar surface area (TPSA) is 48.1 Å². The molecule has 3 heteroatoms. The Balaban J connectivity index is 2.19. The number of rotatable bonds is 4. The predicted molar refractivity (Wildman–Crippen MR) is 65.3 cm³/mol. The molecule has 2 rings (SSSR count). The van der Waals surface area contributed by atoms with E-state index in [9.17, 15) is 0 Å². The van der Waals surface area contributed by atoms with Crippen LogP contribution in [0.1, 0.15) is 5.69 Å². The average molecular weight is 216 g/mol. The number of nitrogens with zero attached hydrogens (tertiary/aromatic N) is 1. The molecule has 0 aliphatic rings. The van der Waals surface area contributed by atoms with Gasteiger partial charge in [0.2, 0.25) is 0 Å². The van der Waals surface area contributed by atoms with Crippen LogP contribution >= 0.6 is 0 Å². The molecule has 1 heterocycles. The number of benzene rings is 1. The fourth-order valence-electron chi connectivity index (χ4n) is 1.76. The number of methoxy groups -OCH3 is 1. The summed E-state index contributed by atoms with van der Waals surface area (Å²) in [6, 6.07) is 12.2. The molecule has 0 saturated carbocycles. The first-order valence-electron chi connectivity index (χ1n) is 5.39.